The zero-order valence-electron chi connectivity index (χ0n) is 18.0. The van der Waals surface area contributed by atoms with Crippen LogP contribution in [0.1, 0.15) is 22.3 Å². The monoisotopic (exact) mass is 464 g/mol. The molecule has 2 N–H and O–H groups in total. The van der Waals surface area contributed by atoms with Crippen molar-refractivity contribution in [1.29, 1.82) is 5.26 Å². The van der Waals surface area contributed by atoms with E-state index in [1.54, 1.807) is 49.4 Å². The van der Waals surface area contributed by atoms with Gasteiger partial charge in [0.1, 0.15) is 17.2 Å². The van der Waals surface area contributed by atoms with Crippen molar-refractivity contribution in [2.75, 3.05) is 11.9 Å². The van der Waals surface area contributed by atoms with Gasteiger partial charge in [-0.15, -0.1) is 0 Å². The Morgan fingerprint density at radius 3 is 2.52 bits per heavy atom. The molecule has 0 fully saturated rings. The largest absolute Gasteiger partial charge is 0.482 e. The second kappa shape index (κ2) is 10.5. The van der Waals surface area contributed by atoms with E-state index in [1.165, 1.54) is 0 Å². The molecule has 7 nitrogen and oxygen atoms in total. The number of anilines is 1. The van der Waals surface area contributed by atoms with Crippen molar-refractivity contribution in [3.63, 3.8) is 0 Å². The fourth-order valence-corrected chi connectivity index (χ4v) is 3.29. The van der Waals surface area contributed by atoms with Gasteiger partial charge < -0.3 is 19.9 Å². The maximum Gasteiger partial charge on any atom is 0.341 e. The Labute approximate surface area is 196 Å². The standard InChI is InChI=1S/C25H21ClN2O5/c1-15-3-4-17(10-23(15)33-21-9-18(13-27)8-19(26)12-21)11-24(29)28-22-6-5-20(7-16(22)2)32-14-25(30)31/h3-10,12H,11,14H2,1-2H3,(H,28,29)(H,30,31). The van der Waals surface area contributed by atoms with Crippen LogP contribution in [0.5, 0.6) is 17.2 Å². The number of ether oxygens (including phenoxy) is 2. The first-order valence-corrected chi connectivity index (χ1v) is 10.3. The van der Waals surface area contributed by atoms with E-state index in [4.69, 9.17) is 31.4 Å². The highest BCUT2D eigenvalue weighted by molar-refractivity contribution is 6.30. The number of nitrogens with zero attached hydrogens (tertiary/aromatic N) is 1. The van der Waals surface area contributed by atoms with E-state index in [2.05, 4.69) is 5.32 Å². The molecule has 0 bridgehead atoms. The molecule has 0 unspecified atom stereocenters. The lowest BCUT2D eigenvalue weighted by Gasteiger charge is -2.13. The van der Waals surface area contributed by atoms with Gasteiger partial charge in [-0.05, 0) is 73.0 Å². The molecule has 3 rings (SSSR count). The number of aryl methyl sites for hydroxylation is 2. The lowest BCUT2D eigenvalue weighted by molar-refractivity contribution is -0.139. The first-order chi connectivity index (χ1) is 15.7. The summed E-state index contributed by atoms with van der Waals surface area (Å²) in [5.41, 5.74) is 3.35. The number of nitriles is 1. The Morgan fingerprint density at radius 2 is 1.82 bits per heavy atom. The summed E-state index contributed by atoms with van der Waals surface area (Å²) in [4.78, 5) is 23.2. The molecule has 0 aromatic heterocycles. The van der Waals surface area contributed by atoms with Crippen molar-refractivity contribution >= 4 is 29.2 Å². The number of rotatable bonds is 8. The summed E-state index contributed by atoms with van der Waals surface area (Å²) in [5, 5.41) is 21.1. The quantitative estimate of drug-likeness (QED) is 0.470. The van der Waals surface area contributed by atoms with Crippen molar-refractivity contribution < 1.29 is 24.2 Å². The summed E-state index contributed by atoms with van der Waals surface area (Å²) in [6.07, 6.45) is 0.117. The predicted molar refractivity (Wildman–Crippen MR) is 124 cm³/mol. The molecule has 0 radical (unpaired) electrons. The van der Waals surface area contributed by atoms with Crippen LogP contribution >= 0.6 is 11.6 Å². The van der Waals surface area contributed by atoms with Crippen molar-refractivity contribution in [3.8, 4) is 23.3 Å². The molecular formula is C25H21ClN2O5. The minimum absolute atomic E-state index is 0.117. The minimum Gasteiger partial charge on any atom is -0.482 e. The molecule has 1 amide bonds. The molecule has 33 heavy (non-hydrogen) atoms. The number of benzene rings is 3. The second-order valence-corrected chi connectivity index (χ2v) is 7.81. The molecule has 0 spiro atoms. The lowest BCUT2D eigenvalue weighted by atomic mass is 10.1. The normalized spacial score (nSPS) is 10.2. The molecule has 0 aliphatic rings. The van der Waals surface area contributed by atoms with Crippen LogP contribution in [0.25, 0.3) is 0 Å². The topological polar surface area (TPSA) is 109 Å². The summed E-state index contributed by atoms with van der Waals surface area (Å²) in [6.45, 7) is 3.24. The van der Waals surface area contributed by atoms with E-state index in [0.717, 1.165) is 16.7 Å². The van der Waals surface area contributed by atoms with Crippen LogP contribution in [-0.2, 0) is 16.0 Å². The Kier molecular flexibility index (Phi) is 7.54. The number of carboxylic acids is 1. The summed E-state index contributed by atoms with van der Waals surface area (Å²) < 4.78 is 11.1. The zero-order valence-corrected chi connectivity index (χ0v) is 18.8. The third kappa shape index (κ3) is 6.73. The number of carbonyl (C=O) groups excluding carboxylic acids is 1. The van der Waals surface area contributed by atoms with Crippen molar-refractivity contribution in [2.24, 2.45) is 0 Å². The highest BCUT2D eigenvalue weighted by Gasteiger charge is 2.11. The number of hydrogen-bond acceptors (Lipinski definition) is 5. The Morgan fingerprint density at radius 1 is 1.03 bits per heavy atom. The van der Waals surface area contributed by atoms with Crippen molar-refractivity contribution in [3.05, 3.63) is 81.9 Å². The van der Waals surface area contributed by atoms with Gasteiger partial charge in [0.25, 0.3) is 0 Å². The molecule has 0 heterocycles. The number of carbonyl (C=O) groups is 2. The Balaban J connectivity index is 1.69. The van der Waals surface area contributed by atoms with Gasteiger partial charge in [0.2, 0.25) is 5.91 Å². The van der Waals surface area contributed by atoms with E-state index in [1.807, 2.05) is 25.1 Å². The van der Waals surface area contributed by atoms with Crippen molar-refractivity contribution in [1.82, 2.24) is 0 Å². The van der Waals surface area contributed by atoms with Crippen LogP contribution in [0.4, 0.5) is 5.69 Å². The summed E-state index contributed by atoms with van der Waals surface area (Å²) in [7, 11) is 0. The van der Waals surface area contributed by atoms with Crippen LogP contribution in [-0.4, -0.2) is 23.6 Å². The molecule has 0 aliphatic carbocycles. The molecule has 168 valence electrons. The highest BCUT2D eigenvalue weighted by atomic mass is 35.5. The molecule has 3 aromatic carbocycles. The second-order valence-electron chi connectivity index (χ2n) is 7.37. The first kappa shape index (κ1) is 23.6. The Bertz CT molecular complexity index is 1250. The third-order valence-corrected chi connectivity index (χ3v) is 4.90. The number of nitrogens with one attached hydrogen (secondary N) is 1. The molecule has 0 saturated carbocycles. The number of halogens is 1. The average Bonchev–Trinajstić information content (AvgIpc) is 2.76. The summed E-state index contributed by atoms with van der Waals surface area (Å²) >= 11 is 6.05. The smallest absolute Gasteiger partial charge is 0.341 e. The minimum atomic E-state index is -1.06. The van der Waals surface area contributed by atoms with Gasteiger partial charge in [-0.1, -0.05) is 23.7 Å². The van der Waals surface area contributed by atoms with Gasteiger partial charge >= 0.3 is 5.97 Å². The van der Waals surface area contributed by atoms with Crippen LogP contribution in [0.2, 0.25) is 5.02 Å². The maximum atomic E-state index is 12.6. The van der Waals surface area contributed by atoms with Gasteiger partial charge in [-0.25, -0.2) is 4.79 Å². The third-order valence-electron chi connectivity index (χ3n) is 4.68. The number of hydrogen-bond donors (Lipinski definition) is 2. The molecule has 3 aromatic rings. The van der Waals surface area contributed by atoms with Crippen LogP contribution in [0.3, 0.4) is 0 Å². The molecular weight excluding hydrogens is 444 g/mol. The van der Waals surface area contributed by atoms with Crippen LogP contribution in [0.15, 0.2) is 54.6 Å². The van der Waals surface area contributed by atoms with Crippen molar-refractivity contribution in [2.45, 2.75) is 20.3 Å². The van der Waals surface area contributed by atoms with Gasteiger partial charge in [-0.2, -0.15) is 5.26 Å². The SMILES string of the molecule is Cc1cc(OCC(=O)O)ccc1NC(=O)Cc1ccc(C)c(Oc2cc(Cl)cc(C#N)c2)c1. The molecule has 0 aliphatic heterocycles. The van der Waals surface area contributed by atoms with E-state index in [0.29, 0.717) is 33.5 Å². The van der Waals surface area contributed by atoms with Gasteiger partial charge in [0.05, 0.1) is 18.1 Å². The van der Waals surface area contributed by atoms with Crippen LogP contribution < -0.4 is 14.8 Å². The fourth-order valence-electron chi connectivity index (χ4n) is 3.07. The van der Waals surface area contributed by atoms with Gasteiger partial charge in [-0.3, -0.25) is 4.79 Å². The van der Waals surface area contributed by atoms with E-state index >= 15 is 0 Å². The van der Waals surface area contributed by atoms with Gasteiger partial charge in [0.15, 0.2) is 6.61 Å². The molecule has 0 atom stereocenters. The summed E-state index contributed by atoms with van der Waals surface area (Å²) in [6, 6.07) is 17.2. The molecule has 0 saturated heterocycles. The zero-order chi connectivity index (χ0) is 24.0. The van der Waals surface area contributed by atoms with E-state index < -0.39 is 12.6 Å². The fraction of sp³-hybridized carbons (Fsp3) is 0.160. The van der Waals surface area contributed by atoms with E-state index in [9.17, 15) is 9.59 Å². The predicted octanol–water partition coefficient (Wildman–Crippen LogP) is 5.27. The maximum absolute atomic E-state index is 12.6. The Hall–Kier alpha value is -4.02. The lowest BCUT2D eigenvalue weighted by Crippen LogP contribution is -2.15. The molecule has 8 heteroatoms. The number of carboxylic acid groups (broad SMARTS) is 1. The average molecular weight is 465 g/mol. The number of aliphatic carboxylic acids is 1. The van der Waals surface area contributed by atoms with Crippen LogP contribution in [0, 0.1) is 25.2 Å². The van der Waals surface area contributed by atoms with Gasteiger partial charge in [0, 0.05) is 10.7 Å². The summed E-state index contributed by atoms with van der Waals surface area (Å²) in [5.74, 6) is 0.120. The number of amides is 1. The van der Waals surface area contributed by atoms with E-state index in [-0.39, 0.29) is 12.3 Å². The first-order valence-electron chi connectivity index (χ1n) is 9.96. The highest BCUT2D eigenvalue weighted by Crippen LogP contribution is 2.29.